The smallest absolute Gasteiger partial charge is 0.325 e. The third-order valence-electron chi connectivity index (χ3n) is 2.41. The van der Waals surface area contributed by atoms with Crippen LogP contribution in [0, 0.1) is 0 Å². The summed E-state index contributed by atoms with van der Waals surface area (Å²) in [6.45, 7) is 3.45. The maximum Gasteiger partial charge on any atom is 0.325 e. The van der Waals surface area contributed by atoms with Crippen LogP contribution in [0.2, 0.25) is 0 Å². The van der Waals surface area contributed by atoms with Gasteiger partial charge in [0.1, 0.15) is 6.04 Å². The van der Waals surface area contributed by atoms with Crippen molar-refractivity contribution >= 4 is 23.8 Å². The van der Waals surface area contributed by atoms with Crippen LogP contribution in [-0.2, 0) is 4.79 Å². The molecule has 0 rings (SSSR count). The molecule has 2 amide bonds. The van der Waals surface area contributed by atoms with Gasteiger partial charge >= 0.3 is 12.0 Å². The lowest BCUT2D eigenvalue weighted by atomic mass is 10.2. The molecule has 0 aromatic carbocycles. The molecule has 0 aromatic heterocycles. The van der Waals surface area contributed by atoms with Crippen LogP contribution in [0.1, 0.15) is 20.3 Å². The third kappa shape index (κ3) is 4.74. The number of carboxylic acids is 1. The van der Waals surface area contributed by atoms with E-state index in [1.165, 1.54) is 6.92 Å². The minimum absolute atomic E-state index is 0.135. The normalized spacial score (nSPS) is 14.0. The van der Waals surface area contributed by atoms with E-state index in [1.807, 2.05) is 13.2 Å². The molecule has 5 nitrogen and oxygen atoms in total. The van der Waals surface area contributed by atoms with Crippen LogP contribution in [0.15, 0.2) is 0 Å². The van der Waals surface area contributed by atoms with Gasteiger partial charge in [-0.15, -0.1) is 0 Å². The van der Waals surface area contributed by atoms with Crippen molar-refractivity contribution in [1.29, 1.82) is 0 Å². The van der Waals surface area contributed by atoms with Crippen LogP contribution >= 0.6 is 11.8 Å². The zero-order valence-electron chi connectivity index (χ0n) is 10.2. The van der Waals surface area contributed by atoms with E-state index >= 15 is 0 Å². The van der Waals surface area contributed by atoms with Crippen molar-refractivity contribution in [2.75, 3.05) is 19.1 Å². The number of hydrogen-bond donors (Lipinski definition) is 2. The Labute approximate surface area is 101 Å². The first-order valence-electron chi connectivity index (χ1n) is 5.19. The Kier molecular flexibility index (Phi) is 6.96. The van der Waals surface area contributed by atoms with Crippen LogP contribution in [-0.4, -0.2) is 53.1 Å². The largest absolute Gasteiger partial charge is 0.480 e. The Morgan fingerprint density at radius 1 is 1.50 bits per heavy atom. The van der Waals surface area contributed by atoms with E-state index in [9.17, 15) is 9.59 Å². The van der Waals surface area contributed by atoms with Gasteiger partial charge in [-0.25, -0.2) is 4.79 Å². The summed E-state index contributed by atoms with van der Waals surface area (Å²) in [6, 6.07) is -1.06. The molecule has 1 unspecified atom stereocenters. The summed E-state index contributed by atoms with van der Waals surface area (Å²) >= 11 is 1.67. The van der Waals surface area contributed by atoms with Crippen LogP contribution in [0.5, 0.6) is 0 Å². The molecule has 0 spiro atoms. The minimum Gasteiger partial charge on any atom is -0.480 e. The molecule has 0 saturated carbocycles. The number of carbonyl (C=O) groups excluding carboxylic acids is 1. The van der Waals surface area contributed by atoms with Crippen LogP contribution < -0.4 is 5.32 Å². The number of nitrogens with one attached hydrogen (secondary N) is 1. The van der Waals surface area contributed by atoms with Crippen molar-refractivity contribution in [3.05, 3.63) is 0 Å². The predicted molar refractivity (Wildman–Crippen MR) is 65.9 cm³/mol. The standard InChI is InChI=1S/C10H20N2O3S/c1-5-8(6-16-4)12(3)10(15)11-7(2)9(13)14/h7-8H,5-6H2,1-4H3,(H,11,15)(H,13,14)/t7-,8?/m1/s1. The van der Waals surface area contributed by atoms with Gasteiger partial charge in [0.25, 0.3) is 0 Å². The van der Waals surface area contributed by atoms with Gasteiger partial charge < -0.3 is 15.3 Å². The van der Waals surface area contributed by atoms with E-state index in [1.54, 1.807) is 23.7 Å². The maximum absolute atomic E-state index is 11.7. The van der Waals surface area contributed by atoms with Gasteiger partial charge in [-0.05, 0) is 19.6 Å². The van der Waals surface area contributed by atoms with E-state index < -0.39 is 12.0 Å². The fourth-order valence-electron chi connectivity index (χ4n) is 1.21. The zero-order chi connectivity index (χ0) is 12.7. The number of hydrogen-bond acceptors (Lipinski definition) is 3. The van der Waals surface area contributed by atoms with Gasteiger partial charge in [-0.2, -0.15) is 11.8 Å². The van der Waals surface area contributed by atoms with Crippen molar-refractivity contribution in [2.45, 2.75) is 32.4 Å². The Bertz CT molecular complexity index is 248. The number of amides is 2. The van der Waals surface area contributed by atoms with Gasteiger partial charge in [0.15, 0.2) is 0 Å². The number of nitrogens with zero attached hydrogens (tertiary/aromatic N) is 1. The molecule has 0 radical (unpaired) electrons. The summed E-state index contributed by atoms with van der Waals surface area (Å²) in [4.78, 5) is 23.8. The molecule has 6 heteroatoms. The number of thioether (sulfide) groups is 1. The number of rotatable bonds is 6. The van der Waals surface area contributed by atoms with Crippen molar-refractivity contribution in [3.63, 3.8) is 0 Å². The van der Waals surface area contributed by atoms with Gasteiger partial charge in [0.2, 0.25) is 0 Å². The minimum atomic E-state index is -1.03. The SMILES string of the molecule is CCC(CSC)N(C)C(=O)N[C@H](C)C(=O)O. The van der Waals surface area contributed by atoms with Gasteiger partial charge in [-0.1, -0.05) is 6.92 Å². The lowest BCUT2D eigenvalue weighted by Crippen LogP contribution is -2.49. The Morgan fingerprint density at radius 3 is 2.44 bits per heavy atom. The quantitative estimate of drug-likeness (QED) is 0.742. The lowest BCUT2D eigenvalue weighted by Gasteiger charge is -2.27. The lowest BCUT2D eigenvalue weighted by molar-refractivity contribution is -0.138. The van der Waals surface area contributed by atoms with E-state index in [-0.39, 0.29) is 12.1 Å². The highest BCUT2D eigenvalue weighted by Gasteiger charge is 2.21. The van der Waals surface area contributed by atoms with Crippen LogP contribution in [0.3, 0.4) is 0 Å². The van der Waals surface area contributed by atoms with Crippen molar-refractivity contribution < 1.29 is 14.7 Å². The molecule has 2 N–H and O–H groups in total. The average Bonchev–Trinajstić information content (AvgIpc) is 2.24. The second-order valence-electron chi connectivity index (χ2n) is 3.64. The van der Waals surface area contributed by atoms with Crippen LogP contribution in [0.25, 0.3) is 0 Å². The summed E-state index contributed by atoms with van der Waals surface area (Å²) in [7, 11) is 1.69. The van der Waals surface area contributed by atoms with Crippen molar-refractivity contribution in [1.82, 2.24) is 10.2 Å². The Hall–Kier alpha value is -0.910. The first-order valence-corrected chi connectivity index (χ1v) is 6.58. The first kappa shape index (κ1) is 15.1. The van der Waals surface area contributed by atoms with Crippen LogP contribution in [0.4, 0.5) is 4.79 Å². The molecule has 2 atom stereocenters. The van der Waals surface area contributed by atoms with Crippen molar-refractivity contribution in [2.24, 2.45) is 0 Å². The Morgan fingerprint density at radius 2 is 2.06 bits per heavy atom. The van der Waals surface area contributed by atoms with E-state index in [2.05, 4.69) is 5.32 Å². The van der Waals surface area contributed by atoms with Gasteiger partial charge in [0.05, 0.1) is 0 Å². The second-order valence-corrected chi connectivity index (χ2v) is 4.55. The molecule has 0 fully saturated rings. The monoisotopic (exact) mass is 248 g/mol. The molecule has 94 valence electrons. The summed E-state index contributed by atoms with van der Waals surface area (Å²) in [6.07, 6.45) is 2.83. The number of carboxylic acid groups (broad SMARTS) is 1. The first-order chi connectivity index (χ1) is 7.43. The number of carbonyl (C=O) groups is 2. The molecule has 0 heterocycles. The fraction of sp³-hybridized carbons (Fsp3) is 0.800. The Balaban J connectivity index is 4.30. The predicted octanol–water partition coefficient (Wildman–Crippen LogP) is 1.24. The highest BCUT2D eigenvalue weighted by Crippen LogP contribution is 2.08. The highest BCUT2D eigenvalue weighted by atomic mass is 32.2. The van der Waals surface area contributed by atoms with Crippen molar-refractivity contribution in [3.8, 4) is 0 Å². The molecule has 0 saturated heterocycles. The molecule has 0 aromatic rings. The maximum atomic E-state index is 11.7. The number of urea groups is 1. The molecule has 0 aliphatic rings. The fourth-order valence-corrected chi connectivity index (χ4v) is 2.05. The molecule has 0 aliphatic carbocycles. The highest BCUT2D eigenvalue weighted by molar-refractivity contribution is 7.98. The third-order valence-corrected chi connectivity index (χ3v) is 3.13. The number of aliphatic carboxylic acids is 1. The van der Waals surface area contributed by atoms with Gasteiger partial charge in [0, 0.05) is 18.8 Å². The summed E-state index contributed by atoms with van der Waals surface area (Å²) in [5.41, 5.74) is 0. The molecule has 0 aliphatic heterocycles. The molecular formula is C10H20N2O3S. The molecular weight excluding hydrogens is 228 g/mol. The zero-order valence-corrected chi connectivity index (χ0v) is 11.0. The van der Waals surface area contributed by atoms with Gasteiger partial charge in [-0.3, -0.25) is 4.79 Å². The van der Waals surface area contributed by atoms with E-state index in [4.69, 9.17) is 5.11 Å². The molecule has 0 bridgehead atoms. The summed E-state index contributed by atoms with van der Waals surface area (Å²) < 4.78 is 0. The van der Waals surface area contributed by atoms with E-state index in [0.717, 1.165) is 12.2 Å². The summed E-state index contributed by atoms with van der Waals surface area (Å²) in [5, 5.41) is 11.1. The molecule has 16 heavy (non-hydrogen) atoms. The average molecular weight is 248 g/mol. The van der Waals surface area contributed by atoms with E-state index in [0.29, 0.717) is 0 Å². The topological polar surface area (TPSA) is 69.6 Å². The summed E-state index contributed by atoms with van der Waals surface area (Å²) in [5.74, 6) is -0.179. The second kappa shape index (κ2) is 7.38.